The summed E-state index contributed by atoms with van der Waals surface area (Å²) >= 11 is 0. The van der Waals surface area contributed by atoms with Crippen molar-refractivity contribution in [2.75, 3.05) is 0 Å². The van der Waals surface area contributed by atoms with Gasteiger partial charge in [0.2, 0.25) is 11.8 Å². The number of unbranched alkanes of at least 4 members (excludes halogenated alkanes) is 1. The molecule has 0 saturated heterocycles. The van der Waals surface area contributed by atoms with E-state index < -0.39 is 12.1 Å². The highest BCUT2D eigenvalue weighted by Crippen LogP contribution is 2.69. The molecule has 0 spiro atoms. The maximum absolute atomic E-state index is 13.3. The third kappa shape index (κ3) is 12.0. The summed E-state index contributed by atoms with van der Waals surface area (Å²) < 4.78 is 12.2. The van der Waals surface area contributed by atoms with Crippen molar-refractivity contribution in [2.24, 2.45) is 92.7 Å². The van der Waals surface area contributed by atoms with Crippen LogP contribution in [0.3, 0.4) is 0 Å². The molecule has 2 N–H and O–H groups in total. The smallest absolute Gasteiger partial charge is 0.328 e. The molecule has 18 atom stereocenters. The Bertz CT molecular complexity index is 1900. The van der Waals surface area contributed by atoms with E-state index in [1.54, 1.807) is 13.8 Å². The molecule has 8 aliphatic rings. The van der Waals surface area contributed by atoms with Gasteiger partial charge in [0.15, 0.2) is 0 Å². The molecule has 0 bridgehead atoms. The third-order valence-electron chi connectivity index (χ3n) is 23.6. The van der Waals surface area contributed by atoms with Crippen LogP contribution in [-0.4, -0.2) is 48.0 Å². The van der Waals surface area contributed by atoms with Crippen LogP contribution in [0.2, 0.25) is 0 Å². The Morgan fingerprint density at radius 3 is 1.27 bits per heavy atom. The van der Waals surface area contributed by atoms with Crippen molar-refractivity contribution in [1.29, 1.82) is 0 Å². The minimum Gasteiger partial charge on any atom is -0.461 e. The van der Waals surface area contributed by atoms with Crippen molar-refractivity contribution in [3.63, 3.8) is 0 Å². The van der Waals surface area contributed by atoms with Gasteiger partial charge in [-0.15, -0.1) is 0 Å². The Morgan fingerprint density at radius 1 is 0.500 bits per heavy atom. The largest absolute Gasteiger partial charge is 0.461 e. The number of amides is 2. The molecule has 0 aromatic carbocycles. The summed E-state index contributed by atoms with van der Waals surface area (Å²) in [6.45, 7) is 28.3. The molecule has 8 heteroatoms. The summed E-state index contributed by atoms with van der Waals surface area (Å²) in [5.41, 5.74) is 4.32. The van der Waals surface area contributed by atoms with E-state index in [1.807, 2.05) is 0 Å². The van der Waals surface area contributed by atoms with Crippen LogP contribution in [0.25, 0.3) is 0 Å². The summed E-state index contributed by atoms with van der Waals surface area (Å²) in [5, 5.41) is 5.72. The summed E-state index contributed by atoms with van der Waals surface area (Å²) in [5.74, 6) is 8.39. The number of carbonyl (C=O) groups is 4. The fraction of sp³-hybridized carbons (Fsp3) is 0.879. The second-order valence-electron chi connectivity index (χ2n) is 29.0. The molecule has 0 heterocycles. The van der Waals surface area contributed by atoms with Crippen molar-refractivity contribution < 1.29 is 28.7 Å². The van der Waals surface area contributed by atoms with Gasteiger partial charge in [-0.05, 0) is 209 Å². The number of nitrogens with one attached hydrogen (secondary N) is 2. The van der Waals surface area contributed by atoms with Gasteiger partial charge in [-0.3, -0.25) is 9.59 Å². The Labute approximate surface area is 451 Å². The van der Waals surface area contributed by atoms with Crippen LogP contribution >= 0.6 is 0 Å². The maximum atomic E-state index is 13.3. The lowest BCUT2D eigenvalue weighted by molar-refractivity contribution is -0.155. The molecule has 74 heavy (non-hydrogen) atoms. The first kappa shape index (κ1) is 57.5. The zero-order valence-corrected chi connectivity index (χ0v) is 49.2. The molecule has 0 aliphatic heterocycles. The van der Waals surface area contributed by atoms with E-state index in [0.29, 0.717) is 23.7 Å². The number of allylic oxidation sites excluding steroid dienone is 2. The fourth-order valence-corrected chi connectivity index (χ4v) is 19.4. The molecular formula is C66H108N2O6. The number of hydrogen-bond donors (Lipinski definition) is 2. The van der Waals surface area contributed by atoms with Gasteiger partial charge in [0.1, 0.15) is 24.3 Å². The van der Waals surface area contributed by atoms with Crippen LogP contribution in [-0.2, 0) is 28.7 Å². The lowest BCUT2D eigenvalue weighted by atomic mass is 9.47. The Morgan fingerprint density at radius 2 is 0.892 bits per heavy atom. The van der Waals surface area contributed by atoms with E-state index in [9.17, 15) is 19.2 Å². The van der Waals surface area contributed by atoms with Crippen LogP contribution in [0.15, 0.2) is 23.3 Å². The minimum atomic E-state index is -0.735. The second kappa shape index (κ2) is 23.8. The standard InChI is InChI=1S/C66H108N2O6/c1-41(2)17-15-19-43(5)53-27-29-55-51-25-23-47-39-49(31-35-63(47,9)57(51)33-37-65(53,55)11)73-61(71)45(7)67-59(69)21-13-14-22-60(70)68-46(8)62(72)74-50-32-36-64(10)48(40-50)24-26-52-56-30-28-54(44(6)20-16-18-42(3)4)66(56,12)38-34-58(52)64/h23-24,41-46,49-58H,13-22,25-40H2,1-12H3,(H,67,69)(H,68,70)/t43-,44-,45-,46-,49+,50+,51+,52+,53-,54-,55+,56+,57+,58+,63+,64+,65-,66-/m1/s1. The molecule has 8 nitrogen and oxygen atoms in total. The van der Waals surface area contributed by atoms with Gasteiger partial charge in [-0.1, -0.05) is 131 Å². The number of rotatable bonds is 21. The van der Waals surface area contributed by atoms with Crippen molar-refractivity contribution in [3.8, 4) is 0 Å². The number of carbonyl (C=O) groups excluding carboxylic acids is 4. The van der Waals surface area contributed by atoms with Crippen molar-refractivity contribution in [1.82, 2.24) is 10.6 Å². The van der Waals surface area contributed by atoms with Crippen LogP contribution in [0.4, 0.5) is 0 Å². The molecule has 6 saturated carbocycles. The van der Waals surface area contributed by atoms with Gasteiger partial charge in [0.25, 0.3) is 0 Å². The normalized spacial score (nSPS) is 38.8. The molecule has 8 aliphatic carbocycles. The van der Waals surface area contributed by atoms with Gasteiger partial charge in [-0.2, -0.15) is 0 Å². The number of fused-ring (bicyclic) bond motifs is 10. The van der Waals surface area contributed by atoms with E-state index in [-0.39, 0.29) is 59.6 Å². The predicted molar refractivity (Wildman–Crippen MR) is 300 cm³/mol. The number of ether oxygens (including phenoxy) is 2. The Hall–Kier alpha value is -2.64. The first-order chi connectivity index (χ1) is 35.1. The molecule has 8 rings (SSSR count). The van der Waals surface area contributed by atoms with Gasteiger partial charge in [0.05, 0.1) is 0 Å². The lowest BCUT2D eigenvalue weighted by Gasteiger charge is -2.58. The van der Waals surface area contributed by atoms with Gasteiger partial charge >= 0.3 is 11.9 Å². The number of esters is 2. The van der Waals surface area contributed by atoms with Gasteiger partial charge < -0.3 is 20.1 Å². The van der Waals surface area contributed by atoms with E-state index in [2.05, 4.69) is 92.0 Å². The quantitative estimate of drug-likeness (QED) is 0.0673. The van der Waals surface area contributed by atoms with Gasteiger partial charge in [0, 0.05) is 25.7 Å². The van der Waals surface area contributed by atoms with E-state index in [1.165, 1.54) is 114 Å². The molecule has 0 unspecified atom stereocenters. The molecule has 0 aromatic rings. The van der Waals surface area contributed by atoms with Crippen LogP contribution < -0.4 is 10.6 Å². The summed E-state index contributed by atoms with van der Waals surface area (Å²) in [6.07, 6.45) is 33.2. The lowest BCUT2D eigenvalue weighted by Crippen LogP contribution is -2.51. The van der Waals surface area contributed by atoms with Crippen LogP contribution in [0.1, 0.15) is 250 Å². The highest BCUT2D eigenvalue weighted by atomic mass is 16.5. The van der Waals surface area contributed by atoms with Crippen molar-refractivity contribution in [2.45, 2.75) is 274 Å². The molecule has 0 aromatic heterocycles. The summed E-state index contributed by atoms with van der Waals surface area (Å²) in [7, 11) is 0. The topological polar surface area (TPSA) is 111 Å². The minimum absolute atomic E-state index is 0.153. The highest BCUT2D eigenvalue weighted by molar-refractivity contribution is 5.85. The van der Waals surface area contributed by atoms with Gasteiger partial charge in [-0.25, -0.2) is 9.59 Å². The summed E-state index contributed by atoms with van der Waals surface area (Å²) in [4.78, 5) is 52.6. The van der Waals surface area contributed by atoms with E-state index >= 15 is 0 Å². The first-order valence-corrected chi connectivity index (χ1v) is 31.5. The molecule has 6 fully saturated rings. The second-order valence-corrected chi connectivity index (χ2v) is 29.0. The SMILES string of the molecule is CC(C)CCC[C@@H](C)[C@H]1CC[C@H]2[C@@H]3CC=C4C[C@@H](OC(=O)[C@@H](C)NC(=O)CCCCC(=O)N[C@H](C)C(=O)O[C@H]5CC[C@@]6(C)C(=CC[C@H]7[C@@H]8CC[C@H]([C@H](C)CCCC(C)C)[C@@]8(C)CC[C@@H]76)C5)CC[C@]4(C)[C@H]3CC[C@]12C. The molecule has 418 valence electrons. The third-order valence-corrected chi connectivity index (χ3v) is 23.6. The van der Waals surface area contributed by atoms with Crippen molar-refractivity contribution in [3.05, 3.63) is 23.3 Å². The Kier molecular flexibility index (Phi) is 18.5. The average Bonchev–Trinajstić information content (AvgIpc) is 3.89. The first-order valence-electron chi connectivity index (χ1n) is 31.5. The Balaban J connectivity index is 0.711. The van der Waals surface area contributed by atoms with Crippen LogP contribution in [0.5, 0.6) is 0 Å². The molecule has 0 radical (unpaired) electrons. The highest BCUT2D eigenvalue weighted by Gasteiger charge is 2.61. The summed E-state index contributed by atoms with van der Waals surface area (Å²) in [6, 6.07) is -1.47. The zero-order chi connectivity index (χ0) is 53.3. The number of hydrogen-bond acceptors (Lipinski definition) is 6. The van der Waals surface area contributed by atoms with E-state index in [4.69, 9.17) is 9.47 Å². The monoisotopic (exact) mass is 1020 g/mol. The predicted octanol–water partition coefficient (Wildman–Crippen LogP) is 15.5. The van der Waals surface area contributed by atoms with Crippen molar-refractivity contribution >= 4 is 23.8 Å². The molecule has 2 amide bonds. The average molecular weight is 1030 g/mol. The fourth-order valence-electron chi connectivity index (χ4n) is 19.4. The molecular weight excluding hydrogens is 917 g/mol. The maximum Gasteiger partial charge on any atom is 0.328 e. The zero-order valence-electron chi connectivity index (χ0n) is 49.2. The van der Waals surface area contributed by atoms with E-state index in [0.717, 1.165) is 110 Å². The van der Waals surface area contributed by atoms with Crippen LogP contribution in [0, 0.1) is 92.7 Å².